The maximum absolute atomic E-state index is 10.5. The van der Waals surface area contributed by atoms with Crippen LogP contribution >= 0.6 is 0 Å². The van der Waals surface area contributed by atoms with Crippen molar-refractivity contribution in [3.63, 3.8) is 0 Å². The molecule has 18 heavy (non-hydrogen) atoms. The molecule has 90 valence electrons. The summed E-state index contributed by atoms with van der Waals surface area (Å²) in [6, 6.07) is 8.52. The van der Waals surface area contributed by atoms with E-state index in [2.05, 4.69) is 20.5 Å². The Morgan fingerprint density at radius 2 is 2.06 bits per heavy atom. The van der Waals surface area contributed by atoms with E-state index >= 15 is 0 Å². The van der Waals surface area contributed by atoms with Gasteiger partial charge < -0.3 is 5.73 Å². The van der Waals surface area contributed by atoms with Gasteiger partial charge >= 0.3 is 6.03 Å². The molecule has 6 nitrogen and oxygen atoms in total. The number of primary amides is 1. The fourth-order valence-electron chi connectivity index (χ4n) is 1.38. The van der Waals surface area contributed by atoms with E-state index < -0.39 is 6.03 Å². The second-order valence-corrected chi connectivity index (χ2v) is 3.43. The van der Waals surface area contributed by atoms with Gasteiger partial charge in [0.15, 0.2) is 5.82 Å². The molecule has 0 atom stereocenters. The molecule has 1 aromatic heterocycles. The van der Waals surface area contributed by atoms with Crippen LogP contribution in [0, 0.1) is 0 Å². The van der Waals surface area contributed by atoms with Crippen molar-refractivity contribution in [2.24, 2.45) is 10.8 Å². The summed E-state index contributed by atoms with van der Waals surface area (Å²) in [7, 11) is 0. The standard InChI is InChI=1S/C12H11N5O/c13-12(18)17-16-8-9-3-1-4-10(7-9)11-14-5-2-6-15-11/h1-8H,(H3,13,17,18). The zero-order valence-corrected chi connectivity index (χ0v) is 9.45. The Balaban J connectivity index is 2.20. The first-order chi connectivity index (χ1) is 8.75. The van der Waals surface area contributed by atoms with E-state index in [-0.39, 0.29) is 0 Å². The number of aromatic nitrogens is 2. The van der Waals surface area contributed by atoms with E-state index in [4.69, 9.17) is 5.73 Å². The molecule has 1 aromatic carbocycles. The largest absolute Gasteiger partial charge is 0.350 e. The SMILES string of the molecule is NC(=O)NN=Cc1cccc(-c2ncccn2)c1. The molecule has 0 aliphatic heterocycles. The van der Waals surface area contributed by atoms with Crippen molar-refractivity contribution in [3.05, 3.63) is 48.3 Å². The van der Waals surface area contributed by atoms with Crippen LogP contribution in [0.1, 0.15) is 5.56 Å². The van der Waals surface area contributed by atoms with Gasteiger partial charge in [0.1, 0.15) is 0 Å². The molecule has 0 fully saturated rings. The Bertz CT molecular complexity index is 568. The minimum Gasteiger partial charge on any atom is -0.350 e. The van der Waals surface area contributed by atoms with Gasteiger partial charge in [-0.05, 0) is 17.7 Å². The molecular weight excluding hydrogens is 230 g/mol. The smallest absolute Gasteiger partial charge is 0.332 e. The summed E-state index contributed by atoms with van der Waals surface area (Å²) in [5.41, 5.74) is 8.71. The first-order valence-electron chi connectivity index (χ1n) is 5.21. The van der Waals surface area contributed by atoms with Gasteiger partial charge in [0.25, 0.3) is 0 Å². The molecule has 0 saturated heterocycles. The molecule has 1 heterocycles. The van der Waals surface area contributed by atoms with Crippen molar-refractivity contribution in [2.45, 2.75) is 0 Å². The minimum absolute atomic E-state index is 0.635. The lowest BCUT2D eigenvalue weighted by Gasteiger charge is -2.00. The Labute approximate surface area is 104 Å². The second-order valence-electron chi connectivity index (χ2n) is 3.43. The summed E-state index contributed by atoms with van der Waals surface area (Å²) in [4.78, 5) is 18.8. The third-order valence-electron chi connectivity index (χ3n) is 2.10. The van der Waals surface area contributed by atoms with Gasteiger partial charge in [0.05, 0.1) is 6.21 Å². The van der Waals surface area contributed by atoms with Crippen LogP contribution in [0.25, 0.3) is 11.4 Å². The van der Waals surface area contributed by atoms with E-state index in [1.165, 1.54) is 6.21 Å². The van der Waals surface area contributed by atoms with Crippen LogP contribution in [0.15, 0.2) is 47.8 Å². The van der Waals surface area contributed by atoms with Gasteiger partial charge in [-0.25, -0.2) is 20.2 Å². The number of nitrogens with zero attached hydrogens (tertiary/aromatic N) is 3. The Morgan fingerprint density at radius 1 is 1.28 bits per heavy atom. The summed E-state index contributed by atoms with van der Waals surface area (Å²) < 4.78 is 0. The molecule has 3 N–H and O–H groups in total. The van der Waals surface area contributed by atoms with Gasteiger partial charge in [-0.1, -0.05) is 18.2 Å². The van der Waals surface area contributed by atoms with Crippen LogP contribution in [0.3, 0.4) is 0 Å². The van der Waals surface area contributed by atoms with E-state index in [9.17, 15) is 4.79 Å². The predicted molar refractivity (Wildman–Crippen MR) is 67.8 cm³/mol. The van der Waals surface area contributed by atoms with Gasteiger partial charge in [-0.3, -0.25) is 0 Å². The molecule has 2 aromatic rings. The van der Waals surface area contributed by atoms with Crippen molar-refractivity contribution in [1.29, 1.82) is 0 Å². The molecule has 0 saturated carbocycles. The maximum atomic E-state index is 10.5. The molecule has 0 bridgehead atoms. The number of nitrogens with one attached hydrogen (secondary N) is 1. The number of hydrazone groups is 1. The summed E-state index contributed by atoms with van der Waals surface area (Å²) in [5.74, 6) is 0.635. The molecule has 0 spiro atoms. The van der Waals surface area contributed by atoms with Gasteiger partial charge in [-0.2, -0.15) is 5.10 Å². The lowest BCUT2D eigenvalue weighted by atomic mass is 10.1. The fourth-order valence-corrected chi connectivity index (χ4v) is 1.38. The lowest BCUT2D eigenvalue weighted by molar-refractivity contribution is 0.249. The Kier molecular flexibility index (Phi) is 3.60. The average Bonchev–Trinajstić information content (AvgIpc) is 2.40. The second kappa shape index (κ2) is 5.53. The van der Waals surface area contributed by atoms with E-state index in [0.717, 1.165) is 11.1 Å². The van der Waals surface area contributed by atoms with Crippen LogP contribution in [-0.4, -0.2) is 22.2 Å². The zero-order chi connectivity index (χ0) is 12.8. The van der Waals surface area contributed by atoms with Crippen molar-refractivity contribution in [1.82, 2.24) is 15.4 Å². The van der Waals surface area contributed by atoms with Crippen LogP contribution in [0.2, 0.25) is 0 Å². The van der Waals surface area contributed by atoms with E-state index in [1.807, 2.05) is 24.3 Å². The number of benzene rings is 1. The summed E-state index contributed by atoms with van der Waals surface area (Å²) in [5, 5.41) is 3.69. The third-order valence-corrected chi connectivity index (χ3v) is 2.10. The topological polar surface area (TPSA) is 93.3 Å². The molecule has 0 radical (unpaired) electrons. The van der Waals surface area contributed by atoms with E-state index in [1.54, 1.807) is 18.5 Å². The molecular formula is C12H11N5O. The fraction of sp³-hybridized carbons (Fsp3) is 0. The van der Waals surface area contributed by atoms with Crippen molar-refractivity contribution in [3.8, 4) is 11.4 Å². The molecule has 2 rings (SSSR count). The van der Waals surface area contributed by atoms with Gasteiger partial charge in [0, 0.05) is 18.0 Å². The van der Waals surface area contributed by atoms with Crippen molar-refractivity contribution in [2.75, 3.05) is 0 Å². The Hall–Kier alpha value is -2.76. The number of nitrogens with two attached hydrogens (primary N) is 1. The number of urea groups is 1. The Morgan fingerprint density at radius 3 is 2.78 bits per heavy atom. The lowest BCUT2D eigenvalue weighted by Crippen LogP contribution is -2.24. The normalized spacial score (nSPS) is 10.4. The highest BCUT2D eigenvalue weighted by Gasteiger charge is 1.99. The van der Waals surface area contributed by atoms with Crippen LogP contribution in [0.5, 0.6) is 0 Å². The zero-order valence-electron chi connectivity index (χ0n) is 9.45. The van der Waals surface area contributed by atoms with Crippen LogP contribution < -0.4 is 11.2 Å². The van der Waals surface area contributed by atoms with Gasteiger partial charge in [-0.15, -0.1) is 0 Å². The van der Waals surface area contributed by atoms with Crippen LogP contribution in [0.4, 0.5) is 4.79 Å². The summed E-state index contributed by atoms with van der Waals surface area (Å²) in [6.45, 7) is 0. The summed E-state index contributed by atoms with van der Waals surface area (Å²) >= 11 is 0. The summed E-state index contributed by atoms with van der Waals surface area (Å²) in [6.07, 6.45) is 4.85. The highest BCUT2D eigenvalue weighted by Crippen LogP contribution is 2.14. The number of rotatable bonds is 3. The highest BCUT2D eigenvalue weighted by molar-refractivity contribution is 5.83. The van der Waals surface area contributed by atoms with Gasteiger partial charge in [0.2, 0.25) is 0 Å². The highest BCUT2D eigenvalue weighted by atomic mass is 16.2. The molecule has 0 aliphatic rings. The monoisotopic (exact) mass is 241 g/mol. The first-order valence-corrected chi connectivity index (χ1v) is 5.21. The molecule has 0 aliphatic carbocycles. The van der Waals surface area contributed by atoms with Crippen molar-refractivity contribution < 1.29 is 4.79 Å². The number of amides is 2. The molecule has 0 unspecified atom stereocenters. The number of carbonyl (C=O) groups excluding carboxylic acids is 1. The average molecular weight is 241 g/mol. The van der Waals surface area contributed by atoms with Crippen molar-refractivity contribution >= 4 is 12.2 Å². The minimum atomic E-state index is -0.700. The predicted octanol–water partition coefficient (Wildman–Crippen LogP) is 1.15. The maximum Gasteiger partial charge on any atom is 0.332 e. The number of hydrogen-bond donors (Lipinski definition) is 2. The number of hydrogen-bond acceptors (Lipinski definition) is 4. The molecule has 2 amide bonds. The van der Waals surface area contributed by atoms with E-state index in [0.29, 0.717) is 5.82 Å². The third kappa shape index (κ3) is 3.11. The number of carbonyl (C=O) groups is 1. The van der Waals surface area contributed by atoms with Crippen LogP contribution in [-0.2, 0) is 0 Å². The first kappa shape index (κ1) is 11.7. The quantitative estimate of drug-likeness (QED) is 0.623. The molecule has 6 heteroatoms.